The standard InChI is InChI=1S/C28H32N6O3/c1-19(2)13-15-30-28(36)27(21-8-7-14-29-17-21)34(24-16-20(3)11-12-25(24)37-4)26(35)18-33-23-10-6-5-9-22(23)31-32-33/h5-12,14,16-17,19,27H,13,15,18H2,1-4H3,(H,30,36). The first-order chi connectivity index (χ1) is 17.9. The SMILES string of the molecule is COc1ccc(C)cc1N(C(=O)Cn1nnc2ccccc21)C(C(=O)NCCC(C)C)c1cccnc1. The van der Waals surface area contributed by atoms with Gasteiger partial charge >= 0.3 is 0 Å². The first kappa shape index (κ1) is 25.8. The van der Waals surface area contributed by atoms with E-state index in [1.807, 2.05) is 43.3 Å². The third-order valence-corrected chi connectivity index (χ3v) is 6.10. The summed E-state index contributed by atoms with van der Waals surface area (Å²) in [6.07, 6.45) is 4.07. The van der Waals surface area contributed by atoms with Gasteiger partial charge in [0.15, 0.2) is 0 Å². The van der Waals surface area contributed by atoms with Crippen molar-refractivity contribution in [2.45, 2.75) is 39.8 Å². The summed E-state index contributed by atoms with van der Waals surface area (Å²) in [5.74, 6) is 0.264. The molecule has 192 valence electrons. The fourth-order valence-electron chi connectivity index (χ4n) is 4.18. The molecule has 0 fully saturated rings. The molecule has 1 N–H and O–H groups in total. The quantitative estimate of drug-likeness (QED) is 0.352. The number of benzene rings is 2. The minimum atomic E-state index is -0.973. The summed E-state index contributed by atoms with van der Waals surface area (Å²) in [4.78, 5) is 33.6. The average molecular weight is 501 g/mol. The minimum absolute atomic E-state index is 0.117. The summed E-state index contributed by atoms with van der Waals surface area (Å²) >= 11 is 0. The number of fused-ring (bicyclic) bond motifs is 1. The van der Waals surface area contributed by atoms with Crippen LogP contribution in [0.25, 0.3) is 11.0 Å². The molecule has 1 atom stereocenters. The first-order valence-electron chi connectivity index (χ1n) is 12.3. The monoisotopic (exact) mass is 500 g/mol. The largest absolute Gasteiger partial charge is 0.495 e. The van der Waals surface area contributed by atoms with Gasteiger partial charge in [0.25, 0.3) is 0 Å². The zero-order valence-corrected chi connectivity index (χ0v) is 21.6. The van der Waals surface area contributed by atoms with Crippen molar-refractivity contribution in [1.29, 1.82) is 0 Å². The summed E-state index contributed by atoms with van der Waals surface area (Å²) in [5, 5.41) is 11.4. The number of pyridine rings is 1. The molecule has 2 aromatic carbocycles. The molecular weight excluding hydrogens is 468 g/mol. The topological polar surface area (TPSA) is 102 Å². The third kappa shape index (κ3) is 5.94. The second-order valence-electron chi connectivity index (χ2n) is 9.34. The van der Waals surface area contributed by atoms with E-state index in [0.29, 0.717) is 35.0 Å². The maximum atomic E-state index is 14.1. The third-order valence-electron chi connectivity index (χ3n) is 6.10. The summed E-state index contributed by atoms with van der Waals surface area (Å²) in [7, 11) is 1.55. The lowest BCUT2D eigenvalue weighted by Crippen LogP contribution is -2.45. The number of carbonyl (C=O) groups excluding carboxylic acids is 2. The lowest BCUT2D eigenvalue weighted by atomic mass is 10.0. The van der Waals surface area contributed by atoms with Crippen LogP contribution < -0.4 is 15.0 Å². The molecule has 1 unspecified atom stereocenters. The molecule has 9 heteroatoms. The van der Waals surface area contributed by atoms with Gasteiger partial charge in [0, 0.05) is 24.5 Å². The lowest BCUT2D eigenvalue weighted by molar-refractivity contribution is -0.127. The van der Waals surface area contributed by atoms with E-state index >= 15 is 0 Å². The number of nitrogens with zero attached hydrogens (tertiary/aromatic N) is 5. The van der Waals surface area contributed by atoms with Gasteiger partial charge in [0.1, 0.15) is 23.9 Å². The Morgan fingerprint density at radius 1 is 1.11 bits per heavy atom. The number of rotatable bonds is 10. The molecule has 4 aromatic rings. The van der Waals surface area contributed by atoms with Crippen LogP contribution in [0.2, 0.25) is 0 Å². The predicted octanol–water partition coefficient (Wildman–Crippen LogP) is 4.08. The van der Waals surface area contributed by atoms with Crippen molar-refractivity contribution in [2.24, 2.45) is 5.92 Å². The fraction of sp³-hybridized carbons (Fsp3) is 0.321. The van der Waals surface area contributed by atoms with E-state index in [0.717, 1.165) is 17.5 Å². The molecule has 2 aromatic heterocycles. The number of ether oxygens (including phenoxy) is 1. The Bertz CT molecular complexity index is 1370. The van der Waals surface area contributed by atoms with Gasteiger partial charge in [-0.1, -0.05) is 43.3 Å². The Morgan fingerprint density at radius 2 is 1.92 bits per heavy atom. The van der Waals surface area contributed by atoms with Crippen molar-refractivity contribution in [3.8, 4) is 5.75 Å². The molecule has 9 nitrogen and oxygen atoms in total. The van der Waals surface area contributed by atoms with Crippen molar-refractivity contribution in [3.05, 3.63) is 78.1 Å². The lowest BCUT2D eigenvalue weighted by Gasteiger charge is -2.32. The smallest absolute Gasteiger partial charge is 0.249 e. The van der Waals surface area contributed by atoms with Crippen molar-refractivity contribution < 1.29 is 14.3 Å². The van der Waals surface area contributed by atoms with Crippen molar-refractivity contribution >= 4 is 28.5 Å². The summed E-state index contributed by atoms with van der Waals surface area (Å²) in [5.41, 5.74) is 3.41. The minimum Gasteiger partial charge on any atom is -0.495 e. The highest BCUT2D eigenvalue weighted by atomic mass is 16.5. The Balaban J connectivity index is 1.81. The fourth-order valence-corrected chi connectivity index (χ4v) is 4.18. The number of hydrogen-bond acceptors (Lipinski definition) is 6. The Kier molecular flexibility index (Phi) is 8.12. The maximum absolute atomic E-state index is 14.1. The summed E-state index contributed by atoms with van der Waals surface area (Å²) < 4.78 is 7.18. The molecule has 0 radical (unpaired) electrons. The van der Waals surface area contributed by atoms with Gasteiger partial charge in [-0.15, -0.1) is 5.10 Å². The number of methoxy groups -OCH3 is 1. The van der Waals surface area contributed by atoms with Gasteiger partial charge < -0.3 is 10.1 Å². The van der Waals surface area contributed by atoms with Gasteiger partial charge in [-0.2, -0.15) is 0 Å². The van der Waals surface area contributed by atoms with E-state index in [-0.39, 0.29) is 18.4 Å². The van der Waals surface area contributed by atoms with Crippen molar-refractivity contribution in [3.63, 3.8) is 0 Å². The Morgan fingerprint density at radius 3 is 2.65 bits per heavy atom. The molecule has 0 spiro atoms. The Hall–Kier alpha value is -4.27. The average Bonchev–Trinajstić information content (AvgIpc) is 3.30. The van der Waals surface area contributed by atoms with Gasteiger partial charge in [-0.05, 0) is 55.2 Å². The predicted molar refractivity (Wildman–Crippen MR) is 142 cm³/mol. The first-order valence-corrected chi connectivity index (χ1v) is 12.3. The van der Waals surface area contributed by atoms with Crippen molar-refractivity contribution in [2.75, 3.05) is 18.6 Å². The number of carbonyl (C=O) groups is 2. The number of aromatic nitrogens is 4. The number of amides is 2. The van der Waals surface area contributed by atoms with Gasteiger partial charge in [0.05, 0.1) is 18.3 Å². The van der Waals surface area contributed by atoms with Crippen LogP contribution in [-0.2, 0) is 16.1 Å². The molecule has 0 saturated carbocycles. The highest BCUT2D eigenvalue weighted by molar-refractivity contribution is 6.02. The number of aryl methyl sites for hydroxylation is 1. The number of nitrogens with one attached hydrogen (secondary N) is 1. The molecule has 0 aliphatic rings. The highest BCUT2D eigenvalue weighted by Gasteiger charge is 2.35. The molecule has 0 aliphatic heterocycles. The van der Waals surface area contributed by atoms with Crippen LogP contribution >= 0.6 is 0 Å². The summed E-state index contributed by atoms with van der Waals surface area (Å²) in [6.45, 7) is 6.50. The molecule has 2 amide bonds. The Labute approximate surface area is 216 Å². The molecule has 0 aliphatic carbocycles. The molecule has 37 heavy (non-hydrogen) atoms. The van der Waals surface area contributed by atoms with Crippen LogP contribution in [-0.4, -0.2) is 45.4 Å². The number of para-hydroxylation sites is 1. The van der Waals surface area contributed by atoms with E-state index in [2.05, 4.69) is 34.5 Å². The van der Waals surface area contributed by atoms with E-state index in [1.165, 1.54) is 4.90 Å². The zero-order valence-electron chi connectivity index (χ0n) is 21.6. The van der Waals surface area contributed by atoms with Crippen LogP contribution in [0.3, 0.4) is 0 Å². The van der Waals surface area contributed by atoms with E-state index in [1.54, 1.807) is 42.4 Å². The molecule has 0 bridgehead atoms. The van der Waals surface area contributed by atoms with Crippen LogP contribution in [0.1, 0.15) is 37.4 Å². The van der Waals surface area contributed by atoms with Crippen LogP contribution in [0.5, 0.6) is 5.75 Å². The number of anilines is 1. The normalized spacial score (nSPS) is 11.9. The summed E-state index contributed by atoms with van der Waals surface area (Å²) in [6, 6.07) is 15.6. The molecule has 0 saturated heterocycles. The van der Waals surface area contributed by atoms with E-state index < -0.39 is 6.04 Å². The molecule has 2 heterocycles. The highest BCUT2D eigenvalue weighted by Crippen LogP contribution is 2.36. The van der Waals surface area contributed by atoms with Crippen LogP contribution in [0, 0.1) is 12.8 Å². The number of hydrogen-bond donors (Lipinski definition) is 1. The zero-order chi connectivity index (χ0) is 26.4. The maximum Gasteiger partial charge on any atom is 0.249 e. The van der Waals surface area contributed by atoms with Gasteiger partial charge in [-0.25, -0.2) is 4.68 Å². The van der Waals surface area contributed by atoms with Crippen LogP contribution in [0.15, 0.2) is 67.0 Å². The van der Waals surface area contributed by atoms with Crippen molar-refractivity contribution in [1.82, 2.24) is 25.3 Å². The van der Waals surface area contributed by atoms with E-state index in [4.69, 9.17) is 4.74 Å². The second-order valence-corrected chi connectivity index (χ2v) is 9.34. The van der Waals surface area contributed by atoms with Crippen LogP contribution in [0.4, 0.5) is 5.69 Å². The van der Waals surface area contributed by atoms with Gasteiger partial charge in [-0.3, -0.25) is 19.5 Å². The molecular formula is C28H32N6O3. The second kappa shape index (κ2) is 11.6. The molecule has 4 rings (SSSR count). The van der Waals surface area contributed by atoms with Gasteiger partial charge in [0.2, 0.25) is 11.8 Å². The van der Waals surface area contributed by atoms with E-state index in [9.17, 15) is 9.59 Å².